The number of fused-ring (bicyclic) bond motifs is 4. The summed E-state index contributed by atoms with van der Waals surface area (Å²) in [4.78, 5) is 0. The molecular weight excluding hydrogens is 589 g/mol. The monoisotopic (exact) mass is 624 g/mol. The molecule has 8 rings (SSSR count). The summed E-state index contributed by atoms with van der Waals surface area (Å²) in [6.45, 7) is 0. The zero-order chi connectivity index (χ0) is 32.2. The fourth-order valence-electron chi connectivity index (χ4n) is 6.38. The van der Waals surface area contributed by atoms with Crippen LogP contribution in [0.2, 0.25) is 0 Å². The standard InChI is InChI=1S/C43H31NS.CH5N/c44-41(28-39(29-11-3-1-4-12-29)30-13-5-2-6-14-30)37-20-10-19-33(24-37)31-17-9-18-32(23-31)36-21-22-38-40-25-34-15-7-8-16-35(34)26-43(40)45-42(38)27-36;1-2/h1-28,39H,44H2;2H2,1H3/b41-28-;. The van der Waals surface area contributed by atoms with Crippen molar-refractivity contribution >= 4 is 48.0 Å². The summed E-state index contributed by atoms with van der Waals surface area (Å²) in [5, 5.41) is 5.23. The lowest BCUT2D eigenvalue weighted by atomic mass is 9.89. The van der Waals surface area contributed by atoms with Gasteiger partial charge in [-0.2, -0.15) is 0 Å². The highest BCUT2D eigenvalue weighted by Gasteiger charge is 2.14. The van der Waals surface area contributed by atoms with Crippen molar-refractivity contribution in [1.82, 2.24) is 0 Å². The summed E-state index contributed by atoms with van der Waals surface area (Å²) in [6.07, 6.45) is 2.18. The number of allylic oxidation sites excluding steroid dienone is 1. The van der Waals surface area contributed by atoms with Crippen molar-refractivity contribution in [2.75, 3.05) is 7.05 Å². The smallest absolute Gasteiger partial charge is 0.0361 e. The number of rotatable bonds is 6. The van der Waals surface area contributed by atoms with Gasteiger partial charge >= 0.3 is 0 Å². The van der Waals surface area contributed by atoms with Crippen LogP contribution in [0.4, 0.5) is 0 Å². The van der Waals surface area contributed by atoms with Gasteiger partial charge in [0.2, 0.25) is 0 Å². The molecule has 1 aromatic heterocycles. The molecule has 0 fully saturated rings. The lowest BCUT2D eigenvalue weighted by molar-refractivity contribution is 1.02. The van der Waals surface area contributed by atoms with E-state index in [0.29, 0.717) is 0 Å². The van der Waals surface area contributed by atoms with Crippen molar-refractivity contribution in [3.63, 3.8) is 0 Å². The van der Waals surface area contributed by atoms with Crippen molar-refractivity contribution in [2.45, 2.75) is 5.92 Å². The Morgan fingerprint density at radius 1 is 0.489 bits per heavy atom. The van der Waals surface area contributed by atoms with Gasteiger partial charge in [0, 0.05) is 31.8 Å². The molecule has 0 radical (unpaired) electrons. The molecule has 47 heavy (non-hydrogen) atoms. The molecular formula is C44H36N2S. The van der Waals surface area contributed by atoms with Gasteiger partial charge in [0.25, 0.3) is 0 Å². The molecule has 1 heterocycles. The summed E-state index contributed by atoms with van der Waals surface area (Å²) < 4.78 is 2.65. The van der Waals surface area contributed by atoms with Crippen molar-refractivity contribution < 1.29 is 0 Å². The fraction of sp³-hybridized carbons (Fsp3) is 0.0455. The summed E-state index contributed by atoms with van der Waals surface area (Å²) in [6, 6.07) is 58.7. The Hall–Kier alpha value is -5.48. The Labute approximate surface area is 280 Å². The minimum Gasteiger partial charge on any atom is -0.398 e. The first-order valence-electron chi connectivity index (χ1n) is 15.9. The van der Waals surface area contributed by atoms with Crippen LogP contribution in [-0.2, 0) is 0 Å². The van der Waals surface area contributed by atoms with Gasteiger partial charge in [-0.25, -0.2) is 0 Å². The van der Waals surface area contributed by atoms with Gasteiger partial charge in [-0.1, -0.05) is 133 Å². The van der Waals surface area contributed by atoms with Crippen molar-refractivity contribution in [2.24, 2.45) is 11.5 Å². The van der Waals surface area contributed by atoms with Gasteiger partial charge in [-0.05, 0) is 93.2 Å². The maximum atomic E-state index is 6.82. The van der Waals surface area contributed by atoms with Gasteiger partial charge in [0.1, 0.15) is 0 Å². The molecule has 0 saturated carbocycles. The lowest BCUT2D eigenvalue weighted by Gasteiger charge is -2.16. The molecule has 228 valence electrons. The zero-order valence-electron chi connectivity index (χ0n) is 26.3. The van der Waals surface area contributed by atoms with Crippen molar-refractivity contribution in [3.8, 4) is 22.3 Å². The molecule has 3 heteroatoms. The van der Waals surface area contributed by atoms with Gasteiger partial charge in [-0.3, -0.25) is 0 Å². The van der Waals surface area contributed by atoms with Gasteiger partial charge in [0.05, 0.1) is 0 Å². The summed E-state index contributed by atoms with van der Waals surface area (Å²) in [5.41, 5.74) is 20.3. The average Bonchev–Trinajstić information content (AvgIpc) is 3.51. The molecule has 0 aliphatic rings. The van der Waals surface area contributed by atoms with Crippen LogP contribution in [0.1, 0.15) is 22.6 Å². The first kappa shape index (κ1) is 30.2. The molecule has 8 aromatic rings. The topological polar surface area (TPSA) is 52.0 Å². The third-order valence-corrected chi connectivity index (χ3v) is 9.84. The molecule has 0 amide bonds. The highest BCUT2D eigenvalue weighted by atomic mass is 32.1. The Bertz CT molecular complexity index is 2300. The fourth-order valence-corrected chi connectivity index (χ4v) is 7.56. The quantitative estimate of drug-likeness (QED) is 0.193. The Morgan fingerprint density at radius 3 is 1.68 bits per heavy atom. The second kappa shape index (κ2) is 13.5. The molecule has 0 atom stereocenters. The van der Waals surface area contributed by atoms with Gasteiger partial charge in [-0.15, -0.1) is 11.3 Å². The Morgan fingerprint density at radius 2 is 1.02 bits per heavy atom. The maximum Gasteiger partial charge on any atom is 0.0361 e. The second-order valence-electron chi connectivity index (χ2n) is 11.6. The lowest BCUT2D eigenvalue weighted by Crippen LogP contribution is -2.03. The Kier molecular flexibility index (Phi) is 8.66. The van der Waals surface area contributed by atoms with E-state index >= 15 is 0 Å². The Balaban J connectivity index is 0.00000172. The minimum absolute atomic E-state index is 0.0709. The molecule has 0 spiro atoms. The second-order valence-corrected chi connectivity index (χ2v) is 12.7. The molecule has 0 aliphatic heterocycles. The number of hydrogen-bond donors (Lipinski definition) is 2. The number of thiophene rings is 1. The van der Waals surface area contributed by atoms with E-state index in [0.717, 1.165) is 16.8 Å². The highest BCUT2D eigenvalue weighted by Crippen LogP contribution is 2.39. The third kappa shape index (κ3) is 6.19. The van der Waals surface area contributed by atoms with Crippen LogP contribution in [-0.4, -0.2) is 7.05 Å². The molecule has 0 bridgehead atoms. The van der Waals surface area contributed by atoms with Crippen LogP contribution in [0.15, 0.2) is 170 Å². The average molecular weight is 625 g/mol. The van der Waals surface area contributed by atoms with E-state index < -0.39 is 0 Å². The molecule has 0 aliphatic carbocycles. The van der Waals surface area contributed by atoms with Gasteiger partial charge < -0.3 is 11.5 Å². The van der Waals surface area contributed by atoms with E-state index in [1.165, 1.54) is 65.8 Å². The zero-order valence-corrected chi connectivity index (χ0v) is 27.1. The van der Waals surface area contributed by atoms with E-state index in [2.05, 4.69) is 176 Å². The SMILES string of the molecule is CN.N/C(=C\C(c1ccccc1)c1ccccc1)c1cccc(-c2cccc(-c3ccc4c(c3)sc3cc5ccccc5cc34)c2)c1. The van der Waals surface area contributed by atoms with Crippen LogP contribution < -0.4 is 11.5 Å². The van der Waals surface area contributed by atoms with E-state index in [9.17, 15) is 0 Å². The van der Waals surface area contributed by atoms with E-state index in [1.54, 1.807) is 0 Å². The molecule has 7 aromatic carbocycles. The number of benzene rings is 7. The predicted molar refractivity (Wildman–Crippen MR) is 205 cm³/mol. The molecule has 0 unspecified atom stereocenters. The van der Waals surface area contributed by atoms with E-state index in [-0.39, 0.29) is 5.92 Å². The highest BCUT2D eigenvalue weighted by molar-refractivity contribution is 7.25. The van der Waals surface area contributed by atoms with Crippen LogP contribution in [0.25, 0.3) is 58.9 Å². The van der Waals surface area contributed by atoms with Crippen LogP contribution in [0.5, 0.6) is 0 Å². The van der Waals surface area contributed by atoms with Crippen LogP contribution in [0, 0.1) is 0 Å². The maximum absolute atomic E-state index is 6.82. The van der Waals surface area contributed by atoms with Crippen molar-refractivity contribution in [1.29, 1.82) is 0 Å². The van der Waals surface area contributed by atoms with Crippen LogP contribution >= 0.6 is 11.3 Å². The molecule has 2 nitrogen and oxygen atoms in total. The first-order valence-corrected chi connectivity index (χ1v) is 16.7. The summed E-state index contributed by atoms with van der Waals surface area (Å²) >= 11 is 1.87. The summed E-state index contributed by atoms with van der Waals surface area (Å²) in [5.74, 6) is 0.0709. The molecule has 0 saturated heterocycles. The largest absolute Gasteiger partial charge is 0.398 e. The van der Waals surface area contributed by atoms with Crippen molar-refractivity contribution in [3.05, 3.63) is 187 Å². The minimum atomic E-state index is 0.0709. The van der Waals surface area contributed by atoms with E-state index in [1.807, 2.05) is 11.3 Å². The normalized spacial score (nSPS) is 11.6. The summed E-state index contributed by atoms with van der Waals surface area (Å²) in [7, 11) is 1.50. The molecule has 4 N–H and O–H groups in total. The predicted octanol–water partition coefficient (Wildman–Crippen LogP) is 11.2. The van der Waals surface area contributed by atoms with Gasteiger partial charge in [0.15, 0.2) is 0 Å². The number of nitrogens with two attached hydrogens (primary N) is 2. The number of hydrogen-bond acceptors (Lipinski definition) is 3. The third-order valence-electron chi connectivity index (χ3n) is 8.73. The van der Waals surface area contributed by atoms with Crippen LogP contribution in [0.3, 0.4) is 0 Å². The van der Waals surface area contributed by atoms with E-state index in [4.69, 9.17) is 5.73 Å². The first-order chi connectivity index (χ1) is 23.2.